The number of amides is 2. The number of benzene rings is 1. The van der Waals surface area contributed by atoms with Crippen LogP contribution in [0.2, 0.25) is 0 Å². The van der Waals surface area contributed by atoms with E-state index < -0.39 is 6.10 Å². The minimum Gasteiger partial charge on any atom is -0.490 e. The predicted octanol–water partition coefficient (Wildman–Crippen LogP) is 3.45. The number of likely N-dealkylation sites (tertiary alicyclic amines) is 1. The molecule has 1 aliphatic heterocycles. The highest BCUT2D eigenvalue weighted by Gasteiger charge is 2.44. The Hall–Kier alpha value is -1.88. The van der Waals surface area contributed by atoms with E-state index in [0.29, 0.717) is 12.8 Å². The van der Waals surface area contributed by atoms with Crippen LogP contribution in [0.5, 0.6) is 5.75 Å². The van der Waals surface area contributed by atoms with E-state index in [0.717, 1.165) is 48.1 Å². The van der Waals surface area contributed by atoms with Crippen molar-refractivity contribution in [2.45, 2.75) is 71.8 Å². The van der Waals surface area contributed by atoms with E-state index in [4.69, 9.17) is 4.74 Å². The summed E-state index contributed by atoms with van der Waals surface area (Å²) in [6, 6.07) is 4.03. The van der Waals surface area contributed by atoms with E-state index in [1.807, 2.05) is 32.9 Å². The molecule has 1 aromatic rings. The Morgan fingerprint density at radius 3 is 2.26 bits per heavy atom. The topological polar surface area (TPSA) is 66.8 Å². The second kappa shape index (κ2) is 8.01. The summed E-state index contributed by atoms with van der Waals surface area (Å²) in [6.45, 7) is 6.05. The fourth-order valence-corrected chi connectivity index (χ4v) is 4.48. The summed E-state index contributed by atoms with van der Waals surface area (Å²) in [5.74, 6) is 0.483. The first kappa shape index (κ1) is 19.9. The van der Waals surface area contributed by atoms with Crippen molar-refractivity contribution in [3.05, 3.63) is 28.8 Å². The minimum absolute atomic E-state index is 0.0116. The van der Waals surface area contributed by atoms with Crippen molar-refractivity contribution in [1.29, 1.82) is 0 Å². The van der Waals surface area contributed by atoms with E-state index in [2.05, 4.69) is 0 Å². The van der Waals surface area contributed by atoms with Crippen molar-refractivity contribution < 1.29 is 19.4 Å². The van der Waals surface area contributed by atoms with Gasteiger partial charge in [-0.2, -0.15) is 0 Å². The van der Waals surface area contributed by atoms with Gasteiger partial charge in [-0.3, -0.25) is 14.5 Å². The quantitative estimate of drug-likeness (QED) is 0.803. The number of carbonyl (C=O) groups excluding carboxylic acids is 2. The smallest absolute Gasteiger partial charge is 0.229 e. The number of imide groups is 1. The summed E-state index contributed by atoms with van der Waals surface area (Å²) in [4.78, 5) is 26.4. The molecule has 0 radical (unpaired) electrons. The Bertz CT molecular complexity index is 701. The number of hydrogen-bond donors (Lipinski definition) is 1. The molecule has 27 heavy (non-hydrogen) atoms. The number of β-amino-alcohol motifs (C(OH)–C–C–N with tert-alkyl or cyclic N) is 1. The van der Waals surface area contributed by atoms with Crippen molar-refractivity contribution in [2.24, 2.45) is 5.41 Å². The largest absolute Gasteiger partial charge is 0.490 e. The second-order valence-electron chi connectivity index (χ2n) is 8.43. The minimum atomic E-state index is -0.891. The van der Waals surface area contributed by atoms with E-state index >= 15 is 0 Å². The summed E-state index contributed by atoms with van der Waals surface area (Å²) in [5.41, 5.74) is 3.06. The zero-order chi connectivity index (χ0) is 19.6. The Morgan fingerprint density at radius 2 is 1.63 bits per heavy atom. The van der Waals surface area contributed by atoms with Gasteiger partial charge in [0.2, 0.25) is 11.8 Å². The maximum Gasteiger partial charge on any atom is 0.229 e. The van der Waals surface area contributed by atoms with Gasteiger partial charge in [-0.05, 0) is 55.7 Å². The van der Waals surface area contributed by atoms with Gasteiger partial charge < -0.3 is 9.84 Å². The molecule has 1 saturated heterocycles. The van der Waals surface area contributed by atoms with Crippen LogP contribution < -0.4 is 4.74 Å². The first-order chi connectivity index (χ1) is 12.8. The Kier molecular flexibility index (Phi) is 5.89. The maximum atomic E-state index is 12.6. The number of aryl methyl sites for hydroxylation is 2. The molecule has 0 aromatic heterocycles. The molecule has 1 aliphatic carbocycles. The van der Waals surface area contributed by atoms with Crippen LogP contribution >= 0.6 is 0 Å². The lowest BCUT2D eigenvalue weighted by Crippen LogP contribution is -2.51. The highest BCUT2D eigenvalue weighted by atomic mass is 16.5. The fourth-order valence-electron chi connectivity index (χ4n) is 4.48. The van der Waals surface area contributed by atoms with Crippen LogP contribution in [0, 0.1) is 26.2 Å². The molecule has 1 saturated carbocycles. The molecule has 1 N–H and O–H groups in total. The summed E-state index contributed by atoms with van der Waals surface area (Å²) in [6.07, 6.45) is 5.31. The molecule has 2 amide bonds. The molecular formula is C22H31NO4. The number of aliphatic hydroxyl groups is 1. The summed E-state index contributed by atoms with van der Waals surface area (Å²) in [7, 11) is 0. The molecule has 1 heterocycles. The molecule has 5 heteroatoms. The molecular weight excluding hydrogens is 342 g/mol. The van der Waals surface area contributed by atoms with Gasteiger partial charge in [-0.15, -0.1) is 0 Å². The van der Waals surface area contributed by atoms with E-state index in [1.54, 1.807) is 0 Å². The number of aliphatic hydroxyl groups excluding tert-OH is 1. The Morgan fingerprint density at radius 1 is 1.04 bits per heavy atom. The SMILES string of the molecule is Cc1ccc(C)c(OCC(O)CN2C(=O)CC3(CCCCC3)CC2=O)c1C. The van der Waals surface area contributed by atoms with Crippen LogP contribution in [0.25, 0.3) is 0 Å². The third kappa shape index (κ3) is 4.34. The summed E-state index contributed by atoms with van der Waals surface area (Å²) < 4.78 is 5.83. The summed E-state index contributed by atoms with van der Waals surface area (Å²) in [5, 5.41) is 10.4. The van der Waals surface area contributed by atoms with Gasteiger partial charge in [-0.25, -0.2) is 0 Å². The average Bonchev–Trinajstić information content (AvgIpc) is 2.62. The van der Waals surface area contributed by atoms with Crippen molar-refractivity contribution >= 4 is 11.8 Å². The number of piperidine rings is 1. The Balaban J connectivity index is 1.58. The molecule has 1 spiro atoms. The molecule has 5 nitrogen and oxygen atoms in total. The van der Waals surface area contributed by atoms with Crippen LogP contribution in [-0.4, -0.2) is 41.1 Å². The van der Waals surface area contributed by atoms with Crippen molar-refractivity contribution in [3.8, 4) is 5.75 Å². The number of carbonyl (C=O) groups is 2. The normalized spacial score (nSPS) is 20.8. The second-order valence-corrected chi connectivity index (χ2v) is 8.43. The third-order valence-electron chi connectivity index (χ3n) is 6.26. The molecule has 1 aromatic carbocycles. The first-order valence-electron chi connectivity index (χ1n) is 10.0. The highest BCUT2D eigenvalue weighted by molar-refractivity contribution is 5.98. The molecule has 148 valence electrons. The van der Waals surface area contributed by atoms with E-state index in [9.17, 15) is 14.7 Å². The van der Waals surface area contributed by atoms with Crippen molar-refractivity contribution in [2.75, 3.05) is 13.2 Å². The number of nitrogens with zero attached hydrogens (tertiary/aromatic N) is 1. The zero-order valence-corrected chi connectivity index (χ0v) is 16.7. The maximum absolute atomic E-state index is 12.6. The van der Waals surface area contributed by atoms with Gasteiger partial charge in [0.05, 0.1) is 6.54 Å². The fraction of sp³-hybridized carbons (Fsp3) is 0.636. The molecule has 2 fully saturated rings. The lowest BCUT2D eigenvalue weighted by molar-refractivity contribution is -0.156. The van der Waals surface area contributed by atoms with Crippen molar-refractivity contribution in [1.82, 2.24) is 4.90 Å². The van der Waals surface area contributed by atoms with Gasteiger partial charge in [-0.1, -0.05) is 31.4 Å². The van der Waals surface area contributed by atoms with Gasteiger partial charge in [0, 0.05) is 12.8 Å². The monoisotopic (exact) mass is 373 g/mol. The lowest BCUT2D eigenvalue weighted by atomic mass is 9.67. The van der Waals surface area contributed by atoms with Crippen LogP contribution in [-0.2, 0) is 9.59 Å². The van der Waals surface area contributed by atoms with Gasteiger partial charge in [0.1, 0.15) is 18.5 Å². The molecule has 2 aliphatic rings. The summed E-state index contributed by atoms with van der Waals surface area (Å²) >= 11 is 0. The first-order valence-corrected chi connectivity index (χ1v) is 10.0. The standard InChI is InChI=1S/C22H31NO4/c1-15-7-8-16(2)21(17(15)3)27-14-18(24)13-23-19(25)11-22(12-20(23)26)9-5-4-6-10-22/h7-8,18,24H,4-6,9-14H2,1-3H3. The molecule has 1 atom stereocenters. The Labute approximate surface area is 161 Å². The highest BCUT2D eigenvalue weighted by Crippen LogP contribution is 2.45. The van der Waals surface area contributed by atoms with Gasteiger partial charge >= 0.3 is 0 Å². The molecule has 1 unspecified atom stereocenters. The van der Waals surface area contributed by atoms with Crippen LogP contribution in [0.4, 0.5) is 0 Å². The van der Waals surface area contributed by atoms with Crippen LogP contribution in [0.3, 0.4) is 0 Å². The van der Waals surface area contributed by atoms with E-state index in [1.165, 1.54) is 11.3 Å². The van der Waals surface area contributed by atoms with Crippen LogP contribution in [0.15, 0.2) is 12.1 Å². The molecule has 0 bridgehead atoms. The van der Waals surface area contributed by atoms with Gasteiger partial charge in [0.15, 0.2) is 0 Å². The lowest BCUT2D eigenvalue weighted by Gasteiger charge is -2.42. The van der Waals surface area contributed by atoms with Crippen molar-refractivity contribution in [3.63, 3.8) is 0 Å². The molecule has 3 rings (SSSR count). The van der Waals surface area contributed by atoms with E-state index in [-0.39, 0.29) is 30.4 Å². The average molecular weight is 373 g/mol. The number of rotatable bonds is 5. The van der Waals surface area contributed by atoms with Crippen LogP contribution in [0.1, 0.15) is 61.6 Å². The third-order valence-corrected chi connectivity index (χ3v) is 6.26. The zero-order valence-electron chi connectivity index (χ0n) is 16.7. The number of hydrogen-bond acceptors (Lipinski definition) is 4. The van der Waals surface area contributed by atoms with Gasteiger partial charge in [0.25, 0.3) is 0 Å². The number of ether oxygens (including phenoxy) is 1. The predicted molar refractivity (Wildman–Crippen MR) is 104 cm³/mol.